The first kappa shape index (κ1) is 8.99. The van der Waals surface area contributed by atoms with E-state index < -0.39 is 17.2 Å². The minimum absolute atomic E-state index is 0.182. The summed E-state index contributed by atoms with van der Waals surface area (Å²) in [5, 5.41) is 0. The van der Waals surface area contributed by atoms with Gasteiger partial charge < -0.3 is 4.74 Å². The van der Waals surface area contributed by atoms with Crippen molar-refractivity contribution in [3.05, 3.63) is 0 Å². The molecule has 0 radical (unpaired) electrons. The van der Waals surface area contributed by atoms with Gasteiger partial charge in [-0.15, -0.1) is 0 Å². The summed E-state index contributed by atoms with van der Waals surface area (Å²) in [6.45, 7) is 0.932. The predicted octanol–water partition coefficient (Wildman–Crippen LogP) is 1.69. The van der Waals surface area contributed by atoms with Crippen LogP contribution in [0.1, 0.15) is 19.8 Å². The molecular weight excluding hydrogens is 185 g/mol. The molecule has 3 fully saturated rings. The van der Waals surface area contributed by atoms with Crippen molar-refractivity contribution >= 4 is 5.78 Å². The molecule has 0 N–H and O–H groups in total. The van der Waals surface area contributed by atoms with Crippen molar-refractivity contribution in [2.75, 3.05) is 6.61 Å². The number of ether oxygens (including phenoxy) is 1. The lowest BCUT2D eigenvalue weighted by atomic mass is 9.61. The van der Waals surface area contributed by atoms with E-state index in [9.17, 15) is 18.0 Å². The molecule has 2 bridgehead atoms. The van der Waals surface area contributed by atoms with Gasteiger partial charge >= 0.3 is 6.18 Å². The molecule has 0 aromatic rings. The average Bonchev–Trinajstić information content (AvgIpc) is 2.34. The largest absolute Gasteiger partial charge is 0.396 e. The van der Waals surface area contributed by atoms with Crippen LogP contribution in [0.4, 0.5) is 13.2 Å². The maximum atomic E-state index is 12.4. The topological polar surface area (TPSA) is 26.3 Å². The fraction of sp³-hybridized carbons (Fsp3) is 0.875. The summed E-state index contributed by atoms with van der Waals surface area (Å²) in [5.41, 5.74) is -2.83. The molecule has 0 spiro atoms. The van der Waals surface area contributed by atoms with Crippen LogP contribution in [0.3, 0.4) is 0 Å². The van der Waals surface area contributed by atoms with E-state index >= 15 is 0 Å². The van der Waals surface area contributed by atoms with Crippen LogP contribution in [-0.4, -0.2) is 24.2 Å². The summed E-state index contributed by atoms with van der Waals surface area (Å²) in [5.74, 6) is -0.287. The maximum Gasteiger partial charge on any atom is 0.396 e. The van der Waals surface area contributed by atoms with Gasteiger partial charge in [-0.05, 0) is 6.92 Å². The van der Waals surface area contributed by atoms with Crippen LogP contribution in [0.15, 0.2) is 0 Å². The zero-order valence-corrected chi connectivity index (χ0v) is 7.07. The number of fused-ring (bicyclic) bond motifs is 1. The molecule has 1 saturated carbocycles. The van der Waals surface area contributed by atoms with E-state index in [2.05, 4.69) is 0 Å². The molecule has 0 aromatic heterocycles. The molecule has 13 heavy (non-hydrogen) atoms. The van der Waals surface area contributed by atoms with Crippen molar-refractivity contribution in [2.45, 2.75) is 31.5 Å². The quantitative estimate of drug-likeness (QED) is 0.634. The zero-order chi connectivity index (χ0) is 9.91. The summed E-state index contributed by atoms with van der Waals surface area (Å²) in [6, 6.07) is 0. The van der Waals surface area contributed by atoms with E-state index in [-0.39, 0.29) is 25.2 Å². The molecule has 0 amide bonds. The highest BCUT2D eigenvalue weighted by molar-refractivity contribution is 5.87. The van der Waals surface area contributed by atoms with Crippen LogP contribution in [-0.2, 0) is 9.53 Å². The van der Waals surface area contributed by atoms with E-state index in [0.717, 1.165) is 0 Å². The van der Waals surface area contributed by atoms with Gasteiger partial charge in [-0.1, -0.05) is 0 Å². The van der Waals surface area contributed by atoms with E-state index in [4.69, 9.17) is 4.74 Å². The number of halogens is 3. The van der Waals surface area contributed by atoms with Gasteiger partial charge in [-0.3, -0.25) is 4.79 Å². The van der Waals surface area contributed by atoms with Gasteiger partial charge in [0.05, 0.1) is 12.0 Å². The lowest BCUT2D eigenvalue weighted by molar-refractivity contribution is -0.241. The summed E-state index contributed by atoms with van der Waals surface area (Å²) in [7, 11) is 0. The Hall–Kier alpha value is -0.580. The Labute approximate surface area is 73.1 Å². The minimum Gasteiger partial charge on any atom is -0.366 e. The molecule has 2 saturated heterocycles. The third-order valence-corrected chi connectivity index (χ3v) is 3.12. The molecule has 2 nitrogen and oxygen atoms in total. The average molecular weight is 194 g/mol. The maximum absolute atomic E-state index is 12.4. The standard InChI is InChI=1S/C8H9F3O2/c1-5(12)7-2-6(3-7,4-13-7)8(9,10)11/h2-4H2,1H3. The normalized spacial score (nSPS) is 43.1. The third kappa shape index (κ3) is 0.907. The van der Waals surface area contributed by atoms with Crippen LogP contribution in [0.5, 0.6) is 0 Å². The van der Waals surface area contributed by atoms with Gasteiger partial charge in [-0.2, -0.15) is 13.2 Å². The van der Waals surface area contributed by atoms with E-state index in [1.54, 1.807) is 0 Å². The number of hydrogen-bond acceptors (Lipinski definition) is 2. The number of ketones is 1. The van der Waals surface area contributed by atoms with E-state index in [0.29, 0.717) is 0 Å². The number of alkyl halides is 3. The van der Waals surface area contributed by atoms with Crippen LogP contribution < -0.4 is 0 Å². The molecule has 3 rings (SSSR count). The first-order valence-electron chi connectivity index (χ1n) is 4.03. The van der Waals surface area contributed by atoms with Crippen molar-refractivity contribution in [1.29, 1.82) is 0 Å². The Balaban J connectivity index is 2.20. The molecule has 0 unspecified atom stereocenters. The second-order valence-corrected chi connectivity index (χ2v) is 3.97. The van der Waals surface area contributed by atoms with Crippen LogP contribution >= 0.6 is 0 Å². The van der Waals surface area contributed by atoms with Gasteiger partial charge in [-0.25, -0.2) is 0 Å². The minimum atomic E-state index is -4.23. The molecule has 1 aliphatic carbocycles. The lowest BCUT2D eigenvalue weighted by Gasteiger charge is -2.43. The van der Waals surface area contributed by atoms with Crippen molar-refractivity contribution in [2.24, 2.45) is 5.41 Å². The molecule has 74 valence electrons. The molecule has 3 aliphatic rings. The molecule has 5 heteroatoms. The summed E-state index contributed by atoms with van der Waals surface area (Å²) in [4.78, 5) is 11.0. The molecular formula is C8H9F3O2. The van der Waals surface area contributed by atoms with Crippen LogP contribution in [0.25, 0.3) is 0 Å². The Morgan fingerprint density at radius 1 is 1.38 bits per heavy atom. The fourth-order valence-corrected chi connectivity index (χ4v) is 2.15. The SMILES string of the molecule is CC(=O)C12CC(C(F)(F)F)(CO1)C2. The molecule has 0 atom stereocenters. The number of carbonyl (C=O) groups is 1. The van der Waals surface area contributed by atoms with Crippen molar-refractivity contribution in [3.63, 3.8) is 0 Å². The summed E-state index contributed by atoms with van der Waals surface area (Å²) in [6.07, 6.45) is -4.60. The first-order valence-corrected chi connectivity index (χ1v) is 4.03. The van der Waals surface area contributed by atoms with Gasteiger partial charge in [0.2, 0.25) is 0 Å². The summed E-state index contributed by atoms with van der Waals surface area (Å²) >= 11 is 0. The highest BCUT2D eigenvalue weighted by Crippen LogP contribution is 2.64. The number of carbonyl (C=O) groups excluding carboxylic acids is 1. The monoisotopic (exact) mass is 194 g/mol. The van der Waals surface area contributed by atoms with Gasteiger partial charge in [0.15, 0.2) is 5.78 Å². The summed E-state index contributed by atoms with van der Waals surface area (Å²) < 4.78 is 42.2. The van der Waals surface area contributed by atoms with Gasteiger partial charge in [0.25, 0.3) is 0 Å². The van der Waals surface area contributed by atoms with Crippen LogP contribution in [0.2, 0.25) is 0 Å². The highest BCUT2D eigenvalue weighted by atomic mass is 19.4. The predicted molar refractivity (Wildman–Crippen MR) is 37.1 cm³/mol. The molecule has 0 aromatic carbocycles. The Bertz CT molecular complexity index is 263. The first-order chi connectivity index (χ1) is 5.81. The highest BCUT2D eigenvalue weighted by Gasteiger charge is 2.75. The van der Waals surface area contributed by atoms with Crippen LogP contribution in [0, 0.1) is 5.41 Å². The zero-order valence-electron chi connectivity index (χ0n) is 7.07. The number of rotatable bonds is 1. The Morgan fingerprint density at radius 3 is 2.15 bits per heavy atom. The van der Waals surface area contributed by atoms with E-state index in [1.165, 1.54) is 6.92 Å². The Morgan fingerprint density at radius 2 is 1.92 bits per heavy atom. The van der Waals surface area contributed by atoms with Crippen molar-refractivity contribution < 1.29 is 22.7 Å². The smallest absolute Gasteiger partial charge is 0.366 e. The van der Waals surface area contributed by atoms with Crippen molar-refractivity contribution in [3.8, 4) is 0 Å². The third-order valence-electron chi connectivity index (χ3n) is 3.12. The number of hydrogen-bond donors (Lipinski definition) is 0. The van der Waals surface area contributed by atoms with Gasteiger partial charge in [0.1, 0.15) is 5.60 Å². The second kappa shape index (κ2) is 2.08. The molecule has 2 aliphatic heterocycles. The molecule has 2 heterocycles. The van der Waals surface area contributed by atoms with E-state index in [1.807, 2.05) is 0 Å². The Kier molecular flexibility index (Phi) is 1.44. The lowest BCUT2D eigenvalue weighted by Crippen LogP contribution is -2.55. The van der Waals surface area contributed by atoms with Gasteiger partial charge in [0, 0.05) is 12.8 Å². The number of Topliss-reactive ketones (excluding diaryl/α,β-unsaturated/α-hetero) is 1. The van der Waals surface area contributed by atoms with Crippen molar-refractivity contribution in [1.82, 2.24) is 0 Å². The fourth-order valence-electron chi connectivity index (χ4n) is 2.15. The second-order valence-electron chi connectivity index (χ2n) is 3.97.